The molecular weight excluding hydrogens is 376 g/mol. The van der Waals surface area contributed by atoms with Gasteiger partial charge in [0, 0.05) is 23.8 Å². The number of nitrogens with one attached hydrogen (secondary N) is 1. The second kappa shape index (κ2) is 8.22. The molecular formula is C21H26N2O4S. The molecule has 1 amide bonds. The van der Waals surface area contributed by atoms with Crippen molar-refractivity contribution in [2.75, 3.05) is 18.4 Å². The summed E-state index contributed by atoms with van der Waals surface area (Å²) in [6.45, 7) is 4.47. The number of ether oxygens (including phenoxy) is 1. The minimum Gasteiger partial charge on any atom is -0.497 e. The first-order valence-corrected chi connectivity index (χ1v) is 10.9. The zero-order chi connectivity index (χ0) is 20.3. The normalized spacial score (nSPS) is 17.2. The number of sulfonamides is 1. The molecule has 0 saturated carbocycles. The van der Waals surface area contributed by atoms with Gasteiger partial charge in [0.2, 0.25) is 0 Å². The minimum absolute atomic E-state index is 0.110. The number of piperidine rings is 1. The molecule has 1 saturated heterocycles. The standard InChI is InChI=1S/C21H26N2O4S/c1-15-7-8-17(21(24)23-13-5-4-6-16(23)2)14-20(15)28(25,26)22-18-9-11-19(27-3)12-10-18/h7-12,14,16,22H,4-6,13H2,1-3H3. The number of likely N-dealkylation sites (tertiary alicyclic amines) is 1. The molecule has 0 radical (unpaired) electrons. The Bertz CT molecular complexity index is 955. The molecule has 2 aromatic rings. The molecule has 6 nitrogen and oxygen atoms in total. The summed E-state index contributed by atoms with van der Waals surface area (Å²) in [6.07, 6.45) is 3.07. The van der Waals surface area contributed by atoms with Crippen LogP contribution in [0.4, 0.5) is 5.69 Å². The lowest BCUT2D eigenvalue weighted by Gasteiger charge is -2.33. The van der Waals surface area contributed by atoms with Crippen molar-refractivity contribution in [1.29, 1.82) is 0 Å². The number of hydrogen-bond acceptors (Lipinski definition) is 4. The Hall–Kier alpha value is -2.54. The minimum atomic E-state index is -3.83. The van der Waals surface area contributed by atoms with E-state index in [1.54, 1.807) is 50.4 Å². The third kappa shape index (κ3) is 4.30. The summed E-state index contributed by atoms with van der Waals surface area (Å²) in [4.78, 5) is 14.9. The van der Waals surface area contributed by atoms with Crippen LogP contribution in [0.15, 0.2) is 47.4 Å². The first-order chi connectivity index (χ1) is 13.3. The maximum atomic E-state index is 12.9. The summed E-state index contributed by atoms with van der Waals surface area (Å²) in [5.74, 6) is 0.524. The van der Waals surface area contributed by atoms with Gasteiger partial charge in [0.25, 0.3) is 15.9 Å². The Morgan fingerprint density at radius 1 is 1.14 bits per heavy atom. The van der Waals surface area contributed by atoms with Crippen LogP contribution >= 0.6 is 0 Å². The Morgan fingerprint density at radius 3 is 2.50 bits per heavy atom. The van der Waals surface area contributed by atoms with E-state index in [2.05, 4.69) is 4.72 Å². The SMILES string of the molecule is COc1ccc(NS(=O)(=O)c2cc(C(=O)N3CCCCC3C)ccc2C)cc1. The van der Waals surface area contributed by atoms with Gasteiger partial charge in [-0.1, -0.05) is 6.07 Å². The van der Waals surface area contributed by atoms with Crippen molar-refractivity contribution < 1.29 is 17.9 Å². The van der Waals surface area contributed by atoms with Gasteiger partial charge in [0.15, 0.2) is 0 Å². The average molecular weight is 403 g/mol. The number of benzene rings is 2. The fourth-order valence-electron chi connectivity index (χ4n) is 3.46. The topological polar surface area (TPSA) is 75.7 Å². The van der Waals surface area contributed by atoms with Crippen molar-refractivity contribution in [1.82, 2.24) is 4.90 Å². The van der Waals surface area contributed by atoms with E-state index in [-0.39, 0.29) is 16.8 Å². The summed E-state index contributed by atoms with van der Waals surface area (Å²) >= 11 is 0. The molecule has 28 heavy (non-hydrogen) atoms. The van der Waals surface area contributed by atoms with E-state index >= 15 is 0 Å². The van der Waals surface area contributed by atoms with Crippen LogP contribution in [-0.2, 0) is 10.0 Å². The van der Waals surface area contributed by atoms with Gasteiger partial charge in [0.1, 0.15) is 5.75 Å². The summed E-state index contributed by atoms with van der Waals surface area (Å²) in [5.41, 5.74) is 1.42. The van der Waals surface area contributed by atoms with E-state index in [0.29, 0.717) is 29.1 Å². The zero-order valence-electron chi connectivity index (χ0n) is 16.4. The number of carbonyl (C=O) groups excluding carboxylic acids is 1. The highest BCUT2D eigenvalue weighted by Gasteiger charge is 2.26. The highest BCUT2D eigenvalue weighted by atomic mass is 32.2. The van der Waals surface area contributed by atoms with Crippen LogP contribution in [0.2, 0.25) is 0 Å². The number of carbonyl (C=O) groups is 1. The molecule has 0 aromatic heterocycles. The maximum Gasteiger partial charge on any atom is 0.262 e. The van der Waals surface area contributed by atoms with Crippen LogP contribution in [0.5, 0.6) is 5.75 Å². The number of anilines is 1. The molecule has 0 aliphatic carbocycles. The van der Waals surface area contributed by atoms with E-state index < -0.39 is 10.0 Å². The van der Waals surface area contributed by atoms with Crippen LogP contribution in [-0.4, -0.2) is 38.9 Å². The predicted molar refractivity (Wildman–Crippen MR) is 109 cm³/mol. The van der Waals surface area contributed by atoms with Gasteiger partial charge in [-0.2, -0.15) is 0 Å². The highest BCUT2D eigenvalue weighted by Crippen LogP contribution is 2.25. The first-order valence-electron chi connectivity index (χ1n) is 9.40. The lowest BCUT2D eigenvalue weighted by Crippen LogP contribution is -2.42. The molecule has 1 atom stereocenters. The Morgan fingerprint density at radius 2 is 1.86 bits per heavy atom. The number of rotatable bonds is 5. The molecule has 1 aliphatic rings. The van der Waals surface area contributed by atoms with Gasteiger partial charge in [-0.3, -0.25) is 9.52 Å². The molecule has 2 aromatic carbocycles. The van der Waals surface area contributed by atoms with E-state index in [4.69, 9.17) is 4.74 Å². The van der Waals surface area contributed by atoms with Crippen LogP contribution in [0.1, 0.15) is 42.1 Å². The molecule has 1 fully saturated rings. The quantitative estimate of drug-likeness (QED) is 0.825. The third-order valence-electron chi connectivity index (χ3n) is 5.13. The third-order valence-corrected chi connectivity index (χ3v) is 6.65. The number of amides is 1. The van der Waals surface area contributed by atoms with Crippen molar-refractivity contribution in [3.63, 3.8) is 0 Å². The van der Waals surface area contributed by atoms with Crippen LogP contribution in [0, 0.1) is 6.92 Å². The lowest BCUT2D eigenvalue weighted by molar-refractivity contribution is 0.0635. The van der Waals surface area contributed by atoms with Crippen LogP contribution < -0.4 is 9.46 Å². The summed E-state index contributed by atoms with van der Waals surface area (Å²) in [7, 11) is -2.28. The van der Waals surface area contributed by atoms with Crippen LogP contribution in [0.25, 0.3) is 0 Å². The largest absolute Gasteiger partial charge is 0.497 e. The van der Waals surface area contributed by atoms with Gasteiger partial charge in [-0.25, -0.2) is 8.42 Å². The van der Waals surface area contributed by atoms with Crippen molar-refractivity contribution >= 4 is 21.6 Å². The van der Waals surface area contributed by atoms with Gasteiger partial charge >= 0.3 is 0 Å². The first kappa shape index (κ1) is 20.2. The molecule has 3 rings (SSSR count). The zero-order valence-corrected chi connectivity index (χ0v) is 17.3. The predicted octanol–water partition coefficient (Wildman–Crippen LogP) is 3.82. The molecule has 1 heterocycles. The molecule has 1 aliphatic heterocycles. The number of hydrogen-bond donors (Lipinski definition) is 1. The van der Waals surface area contributed by atoms with E-state index in [1.165, 1.54) is 6.07 Å². The Kier molecular flexibility index (Phi) is 5.93. The summed E-state index contributed by atoms with van der Waals surface area (Å²) in [6, 6.07) is 11.7. The molecule has 0 bridgehead atoms. The van der Waals surface area contributed by atoms with E-state index in [1.807, 2.05) is 11.8 Å². The Labute approximate surface area is 166 Å². The van der Waals surface area contributed by atoms with E-state index in [9.17, 15) is 13.2 Å². The Balaban J connectivity index is 1.88. The van der Waals surface area contributed by atoms with Gasteiger partial charge in [-0.15, -0.1) is 0 Å². The lowest BCUT2D eigenvalue weighted by atomic mass is 10.0. The van der Waals surface area contributed by atoms with E-state index in [0.717, 1.165) is 19.3 Å². The number of nitrogens with zero attached hydrogens (tertiary/aromatic N) is 1. The van der Waals surface area contributed by atoms with Gasteiger partial charge in [0.05, 0.1) is 12.0 Å². The summed E-state index contributed by atoms with van der Waals surface area (Å²) in [5, 5.41) is 0. The highest BCUT2D eigenvalue weighted by molar-refractivity contribution is 7.92. The second-order valence-electron chi connectivity index (χ2n) is 7.16. The molecule has 0 spiro atoms. The molecule has 7 heteroatoms. The van der Waals surface area contributed by atoms with Gasteiger partial charge < -0.3 is 9.64 Å². The second-order valence-corrected chi connectivity index (χ2v) is 8.81. The monoisotopic (exact) mass is 402 g/mol. The van der Waals surface area contributed by atoms with Crippen molar-refractivity contribution in [3.05, 3.63) is 53.6 Å². The van der Waals surface area contributed by atoms with Gasteiger partial charge in [-0.05, 0) is 75.1 Å². The number of aryl methyl sites for hydroxylation is 1. The fourth-order valence-corrected chi connectivity index (χ4v) is 4.79. The van der Waals surface area contributed by atoms with Crippen molar-refractivity contribution in [3.8, 4) is 5.75 Å². The van der Waals surface area contributed by atoms with Crippen molar-refractivity contribution in [2.24, 2.45) is 0 Å². The van der Waals surface area contributed by atoms with Crippen LogP contribution in [0.3, 0.4) is 0 Å². The fraction of sp³-hybridized carbons (Fsp3) is 0.381. The summed E-state index contributed by atoms with van der Waals surface area (Å²) < 4.78 is 33.5. The number of methoxy groups -OCH3 is 1. The molecule has 1 N–H and O–H groups in total. The maximum absolute atomic E-state index is 12.9. The molecule has 1 unspecified atom stereocenters. The average Bonchev–Trinajstić information content (AvgIpc) is 2.68. The van der Waals surface area contributed by atoms with Crippen molar-refractivity contribution in [2.45, 2.75) is 44.0 Å². The molecule has 150 valence electrons. The smallest absolute Gasteiger partial charge is 0.262 e.